The number of aromatic amines is 1. The van der Waals surface area contributed by atoms with E-state index in [0.29, 0.717) is 0 Å². The highest BCUT2D eigenvalue weighted by molar-refractivity contribution is 5.95. The molecule has 4 aromatic rings. The van der Waals surface area contributed by atoms with Crippen molar-refractivity contribution in [1.82, 2.24) is 14.9 Å². The Hall–Kier alpha value is -2.85. The standard InChI is InChI=1S/C23H23N3O/c1-4-9-26(10-5-1)15-17-6-2-3-7-20(17)19-12-21-22(18-8-11-27-16-18)14-25-23(21)24-13-19/h2-3,6-8,11-14,16H,1,4-5,9-10,15H2,(H,24,25). The van der Waals surface area contributed by atoms with Gasteiger partial charge in [0, 0.05) is 41.0 Å². The predicted molar refractivity (Wildman–Crippen MR) is 108 cm³/mol. The average Bonchev–Trinajstić information content (AvgIpc) is 3.38. The number of aromatic nitrogens is 2. The zero-order valence-corrected chi connectivity index (χ0v) is 15.3. The summed E-state index contributed by atoms with van der Waals surface area (Å²) in [4.78, 5) is 10.5. The van der Waals surface area contributed by atoms with Crippen molar-refractivity contribution in [3.63, 3.8) is 0 Å². The summed E-state index contributed by atoms with van der Waals surface area (Å²) in [5, 5.41) is 1.13. The van der Waals surface area contributed by atoms with Gasteiger partial charge >= 0.3 is 0 Å². The second-order valence-electron chi connectivity index (χ2n) is 7.33. The number of hydrogen-bond donors (Lipinski definition) is 1. The molecule has 0 radical (unpaired) electrons. The summed E-state index contributed by atoms with van der Waals surface area (Å²) in [6.45, 7) is 3.41. The number of rotatable bonds is 4. The first-order valence-corrected chi connectivity index (χ1v) is 9.69. The van der Waals surface area contributed by atoms with Gasteiger partial charge in [-0.25, -0.2) is 4.98 Å². The maximum atomic E-state index is 5.27. The number of hydrogen-bond acceptors (Lipinski definition) is 3. The van der Waals surface area contributed by atoms with Gasteiger partial charge in [0.05, 0.1) is 12.5 Å². The second kappa shape index (κ2) is 7.05. The van der Waals surface area contributed by atoms with Gasteiger partial charge in [0.25, 0.3) is 0 Å². The number of benzene rings is 1. The van der Waals surface area contributed by atoms with Crippen LogP contribution in [0.5, 0.6) is 0 Å². The quantitative estimate of drug-likeness (QED) is 0.526. The molecule has 4 nitrogen and oxygen atoms in total. The predicted octanol–water partition coefficient (Wildman–Crippen LogP) is 5.48. The molecule has 136 valence electrons. The molecule has 4 heteroatoms. The van der Waals surface area contributed by atoms with E-state index >= 15 is 0 Å². The fraction of sp³-hybridized carbons (Fsp3) is 0.261. The van der Waals surface area contributed by atoms with E-state index in [1.54, 1.807) is 12.5 Å². The summed E-state index contributed by atoms with van der Waals surface area (Å²) < 4.78 is 5.27. The summed E-state index contributed by atoms with van der Waals surface area (Å²) >= 11 is 0. The summed E-state index contributed by atoms with van der Waals surface area (Å²) in [6, 6.07) is 13.0. The Kier molecular flexibility index (Phi) is 4.26. The van der Waals surface area contributed by atoms with Crippen molar-refractivity contribution in [3.8, 4) is 22.3 Å². The molecule has 0 aliphatic carbocycles. The fourth-order valence-corrected chi connectivity index (χ4v) is 4.11. The van der Waals surface area contributed by atoms with Gasteiger partial charge in [-0.2, -0.15) is 0 Å². The third kappa shape index (κ3) is 3.17. The summed E-state index contributed by atoms with van der Waals surface area (Å²) in [7, 11) is 0. The van der Waals surface area contributed by atoms with Crippen LogP contribution in [0.2, 0.25) is 0 Å². The minimum Gasteiger partial charge on any atom is -0.472 e. The minimum absolute atomic E-state index is 0.906. The van der Waals surface area contributed by atoms with Crippen LogP contribution < -0.4 is 0 Å². The number of nitrogens with one attached hydrogen (secondary N) is 1. The summed E-state index contributed by atoms with van der Waals surface area (Å²) in [6.07, 6.45) is 11.5. The Bertz CT molecular complexity index is 1040. The molecule has 0 saturated carbocycles. The number of nitrogens with zero attached hydrogens (tertiary/aromatic N) is 2. The van der Waals surface area contributed by atoms with Gasteiger partial charge in [0.2, 0.25) is 0 Å². The van der Waals surface area contributed by atoms with E-state index in [1.807, 2.05) is 18.5 Å². The highest BCUT2D eigenvalue weighted by Gasteiger charge is 2.15. The Balaban J connectivity index is 1.54. The molecule has 0 amide bonds. The van der Waals surface area contributed by atoms with Crippen LogP contribution in [-0.2, 0) is 6.54 Å². The molecule has 1 N–H and O–H groups in total. The molecule has 1 saturated heterocycles. The normalized spacial score (nSPS) is 15.4. The largest absolute Gasteiger partial charge is 0.472 e. The zero-order chi connectivity index (χ0) is 18.1. The van der Waals surface area contributed by atoms with Crippen LogP contribution in [-0.4, -0.2) is 28.0 Å². The SMILES string of the molecule is c1ccc(-c2cnc3[nH]cc(-c4ccoc4)c3c2)c(CN2CCCCC2)c1. The lowest BCUT2D eigenvalue weighted by atomic mass is 9.98. The first-order chi connectivity index (χ1) is 13.4. The topological polar surface area (TPSA) is 45.1 Å². The lowest BCUT2D eigenvalue weighted by Crippen LogP contribution is -2.29. The van der Waals surface area contributed by atoms with Gasteiger partial charge in [0.15, 0.2) is 0 Å². The maximum absolute atomic E-state index is 5.27. The third-order valence-corrected chi connectivity index (χ3v) is 5.53. The van der Waals surface area contributed by atoms with Gasteiger partial charge in [-0.1, -0.05) is 30.7 Å². The molecule has 0 bridgehead atoms. The van der Waals surface area contributed by atoms with E-state index in [1.165, 1.54) is 49.0 Å². The van der Waals surface area contributed by atoms with Crippen molar-refractivity contribution in [1.29, 1.82) is 0 Å². The smallest absolute Gasteiger partial charge is 0.137 e. The van der Waals surface area contributed by atoms with Gasteiger partial charge in [-0.3, -0.25) is 4.90 Å². The van der Waals surface area contributed by atoms with E-state index < -0.39 is 0 Å². The van der Waals surface area contributed by atoms with Crippen molar-refractivity contribution in [2.45, 2.75) is 25.8 Å². The van der Waals surface area contributed by atoms with Crippen LogP contribution in [0, 0.1) is 0 Å². The number of likely N-dealkylation sites (tertiary alicyclic amines) is 1. The van der Waals surface area contributed by atoms with Crippen LogP contribution in [0.15, 0.2) is 65.7 Å². The second-order valence-corrected chi connectivity index (χ2v) is 7.33. The van der Waals surface area contributed by atoms with E-state index in [-0.39, 0.29) is 0 Å². The lowest BCUT2D eigenvalue weighted by molar-refractivity contribution is 0.221. The van der Waals surface area contributed by atoms with Crippen molar-refractivity contribution in [3.05, 3.63) is 66.9 Å². The van der Waals surface area contributed by atoms with E-state index in [9.17, 15) is 0 Å². The van der Waals surface area contributed by atoms with Gasteiger partial charge in [0.1, 0.15) is 5.65 Å². The Morgan fingerprint density at radius 2 is 1.89 bits per heavy atom. The highest BCUT2D eigenvalue weighted by atomic mass is 16.3. The third-order valence-electron chi connectivity index (χ3n) is 5.53. The minimum atomic E-state index is 0.906. The maximum Gasteiger partial charge on any atom is 0.137 e. The van der Waals surface area contributed by atoms with Crippen molar-refractivity contribution in [2.75, 3.05) is 13.1 Å². The van der Waals surface area contributed by atoms with Crippen molar-refractivity contribution in [2.24, 2.45) is 0 Å². The monoisotopic (exact) mass is 357 g/mol. The Morgan fingerprint density at radius 3 is 2.74 bits per heavy atom. The molecule has 1 aromatic carbocycles. The van der Waals surface area contributed by atoms with Gasteiger partial charge in [-0.15, -0.1) is 0 Å². The van der Waals surface area contributed by atoms with E-state index in [2.05, 4.69) is 45.2 Å². The Labute approximate surface area is 158 Å². The van der Waals surface area contributed by atoms with Crippen LogP contribution >= 0.6 is 0 Å². The van der Waals surface area contributed by atoms with Crippen molar-refractivity contribution < 1.29 is 4.42 Å². The fourth-order valence-electron chi connectivity index (χ4n) is 4.11. The molecular formula is C23H23N3O. The average molecular weight is 357 g/mol. The summed E-state index contributed by atoms with van der Waals surface area (Å²) in [5.41, 5.74) is 6.92. The lowest BCUT2D eigenvalue weighted by Gasteiger charge is -2.27. The molecule has 5 rings (SSSR count). The van der Waals surface area contributed by atoms with Crippen LogP contribution in [0.3, 0.4) is 0 Å². The first kappa shape index (κ1) is 16.3. The first-order valence-electron chi connectivity index (χ1n) is 9.69. The van der Waals surface area contributed by atoms with Gasteiger partial charge < -0.3 is 9.40 Å². The molecule has 1 aliphatic rings. The van der Waals surface area contributed by atoms with Crippen LogP contribution in [0.4, 0.5) is 0 Å². The number of H-pyrrole nitrogens is 1. The van der Waals surface area contributed by atoms with Gasteiger partial charge in [-0.05, 0) is 49.2 Å². The van der Waals surface area contributed by atoms with Crippen LogP contribution in [0.1, 0.15) is 24.8 Å². The van der Waals surface area contributed by atoms with Crippen molar-refractivity contribution >= 4 is 11.0 Å². The van der Waals surface area contributed by atoms with E-state index in [0.717, 1.165) is 28.7 Å². The molecule has 0 spiro atoms. The van der Waals surface area contributed by atoms with Crippen LogP contribution in [0.25, 0.3) is 33.3 Å². The number of furan rings is 1. The molecule has 27 heavy (non-hydrogen) atoms. The molecule has 0 atom stereocenters. The van der Waals surface area contributed by atoms with E-state index in [4.69, 9.17) is 4.42 Å². The molecular weight excluding hydrogens is 334 g/mol. The molecule has 0 unspecified atom stereocenters. The molecule has 4 heterocycles. The zero-order valence-electron chi connectivity index (χ0n) is 15.3. The number of piperidine rings is 1. The Morgan fingerprint density at radius 1 is 1.00 bits per heavy atom. The molecule has 3 aromatic heterocycles. The molecule has 1 aliphatic heterocycles. The number of pyridine rings is 1. The number of fused-ring (bicyclic) bond motifs is 1. The molecule has 1 fully saturated rings. The summed E-state index contributed by atoms with van der Waals surface area (Å²) in [5.74, 6) is 0. The highest BCUT2D eigenvalue weighted by Crippen LogP contribution is 2.32.